The van der Waals surface area contributed by atoms with Crippen molar-refractivity contribution in [2.75, 3.05) is 26.4 Å². The van der Waals surface area contributed by atoms with Gasteiger partial charge in [0.15, 0.2) is 0 Å². The molecule has 0 aliphatic carbocycles. The second-order valence-electron chi connectivity index (χ2n) is 5.82. The molecule has 1 rings (SSSR count). The predicted octanol–water partition coefficient (Wildman–Crippen LogP) is 4.02. The van der Waals surface area contributed by atoms with Crippen molar-refractivity contribution in [3.8, 4) is 5.75 Å². The van der Waals surface area contributed by atoms with E-state index in [1.165, 1.54) is 5.56 Å². The van der Waals surface area contributed by atoms with E-state index in [1.807, 2.05) is 0 Å². The number of hydrogen-bond donors (Lipinski definition) is 1. The lowest BCUT2D eigenvalue weighted by Gasteiger charge is -2.09. The molecule has 0 spiro atoms. The molecule has 0 atom stereocenters. The Labute approximate surface area is 130 Å². The van der Waals surface area contributed by atoms with Crippen molar-refractivity contribution in [2.24, 2.45) is 5.92 Å². The van der Waals surface area contributed by atoms with Gasteiger partial charge in [0.2, 0.25) is 0 Å². The quantitative estimate of drug-likeness (QED) is 0.590. The molecule has 1 N–H and O–H groups in total. The summed E-state index contributed by atoms with van der Waals surface area (Å²) in [6, 6.07) is 8.37. The molecule has 0 aromatic heterocycles. The molecule has 0 radical (unpaired) electrons. The summed E-state index contributed by atoms with van der Waals surface area (Å²) in [6.45, 7) is 11.0. The molecule has 1 aromatic carbocycles. The lowest BCUT2D eigenvalue weighted by Crippen LogP contribution is -2.16. The van der Waals surface area contributed by atoms with E-state index in [9.17, 15) is 0 Å². The van der Waals surface area contributed by atoms with Crippen molar-refractivity contribution >= 4 is 0 Å². The SMILES string of the molecule is CCCOCCCNCc1ccc(OCCC(C)C)cc1. The second kappa shape index (κ2) is 11.6. The average molecular weight is 293 g/mol. The van der Waals surface area contributed by atoms with Gasteiger partial charge in [0.05, 0.1) is 6.61 Å². The zero-order valence-corrected chi connectivity index (χ0v) is 13.9. The summed E-state index contributed by atoms with van der Waals surface area (Å²) in [6.07, 6.45) is 3.26. The molecule has 0 saturated heterocycles. The molecule has 0 bridgehead atoms. The maximum Gasteiger partial charge on any atom is 0.119 e. The van der Waals surface area contributed by atoms with Gasteiger partial charge < -0.3 is 14.8 Å². The van der Waals surface area contributed by atoms with Crippen LogP contribution in [0.2, 0.25) is 0 Å². The molecule has 3 heteroatoms. The molecule has 0 aliphatic heterocycles. The lowest BCUT2D eigenvalue weighted by atomic mass is 10.1. The van der Waals surface area contributed by atoms with Crippen LogP contribution < -0.4 is 10.1 Å². The van der Waals surface area contributed by atoms with E-state index in [4.69, 9.17) is 9.47 Å². The smallest absolute Gasteiger partial charge is 0.119 e. The van der Waals surface area contributed by atoms with Gasteiger partial charge in [-0.2, -0.15) is 0 Å². The fraction of sp³-hybridized carbons (Fsp3) is 0.667. The summed E-state index contributed by atoms with van der Waals surface area (Å²) < 4.78 is 11.2. The van der Waals surface area contributed by atoms with Crippen LogP contribution in [0.4, 0.5) is 0 Å². The van der Waals surface area contributed by atoms with Gasteiger partial charge in [-0.3, -0.25) is 0 Å². The van der Waals surface area contributed by atoms with E-state index in [-0.39, 0.29) is 0 Å². The Hall–Kier alpha value is -1.06. The Morgan fingerprint density at radius 3 is 2.48 bits per heavy atom. The van der Waals surface area contributed by atoms with E-state index in [2.05, 4.69) is 50.4 Å². The molecule has 0 aliphatic rings. The zero-order valence-electron chi connectivity index (χ0n) is 13.9. The number of ether oxygens (including phenoxy) is 2. The average Bonchev–Trinajstić information content (AvgIpc) is 2.47. The van der Waals surface area contributed by atoms with Gasteiger partial charge in [-0.1, -0.05) is 32.9 Å². The highest BCUT2D eigenvalue weighted by Gasteiger charge is 1.98. The van der Waals surface area contributed by atoms with E-state index >= 15 is 0 Å². The van der Waals surface area contributed by atoms with Gasteiger partial charge in [-0.25, -0.2) is 0 Å². The fourth-order valence-electron chi connectivity index (χ4n) is 1.89. The van der Waals surface area contributed by atoms with Crippen LogP contribution in [-0.2, 0) is 11.3 Å². The standard InChI is InChI=1S/C18H31NO2/c1-4-12-20-13-5-11-19-15-17-6-8-18(9-7-17)21-14-10-16(2)3/h6-9,16,19H,4-5,10-15H2,1-3H3. The first-order chi connectivity index (χ1) is 10.2. The molecular formula is C18H31NO2. The van der Waals surface area contributed by atoms with Crippen molar-refractivity contribution < 1.29 is 9.47 Å². The van der Waals surface area contributed by atoms with Gasteiger partial charge in [0.25, 0.3) is 0 Å². The number of benzene rings is 1. The van der Waals surface area contributed by atoms with Crippen LogP contribution in [0.5, 0.6) is 5.75 Å². The minimum absolute atomic E-state index is 0.690. The Morgan fingerprint density at radius 2 is 1.81 bits per heavy atom. The van der Waals surface area contributed by atoms with E-state index in [0.717, 1.165) is 57.9 Å². The highest BCUT2D eigenvalue weighted by molar-refractivity contribution is 5.27. The highest BCUT2D eigenvalue weighted by Crippen LogP contribution is 2.13. The van der Waals surface area contributed by atoms with Crippen LogP contribution >= 0.6 is 0 Å². The maximum atomic E-state index is 5.72. The molecule has 3 nitrogen and oxygen atoms in total. The topological polar surface area (TPSA) is 30.5 Å². The van der Waals surface area contributed by atoms with Gasteiger partial charge in [-0.05, 0) is 49.4 Å². The fourth-order valence-corrected chi connectivity index (χ4v) is 1.89. The summed E-state index contributed by atoms with van der Waals surface area (Å²) in [5.74, 6) is 1.65. The predicted molar refractivity (Wildman–Crippen MR) is 88.8 cm³/mol. The summed E-state index contributed by atoms with van der Waals surface area (Å²) in [5.41, 5.74) is 1.29. The third-order valence-corrected chi connectivity index (χ3v) is 3.21. The third kappa shape index (κ3) is 9.48. The Morgan fingerprint density at radius 1 is 1.05 bits per heavy atom. The van der Waals surface area contributed by atoms with Crippen LogP contribution in [0, 0.1) is 5.92 Å². The van der Waals surface area contributed by atoms with E-state index < -0.39 is 0 Å². The molecule has 0 amide bonds. The first kappa shape index (κ1) is 18.0. The minimum Gasteiger partial charge on any atom is -0.494 e. The third-order valence-electron chi connectivity index (χ3n) is 3.21. The monoisotopic (exact) mass is 293 g/mol. The molecule has 0 fully saturated rings. The summed E-state index contributed by atoms with van der Waals surface area (Å²) in [4.78, 5) is 0. The molecule has 21 heavy (non-hydrogen) atoms. The van der Waals surface area contributed by atoms with E-state index in [1.54, 1.807) is 0 Å². The zero-order chi connectivity index (χ0) is 15.3. The highest BCUT2D eigenvalue weighted by atomic mass is 16.5. The number of hydrogen-bond acceptors (Lipinski definition) is 3. The van der Waals surface area contributed by atoms with Crippen LogP contribution in [-0.4, -0.2) is 26.4 Å². The Bertz CT molecular complexity index is 349. The molecule has 0 heterocycles. The van der Waals surface area contributed by atoms with Crippen LogP contribution in [0.25, 0.3) is 0 Å². The number of nitrogens with one attached hydrogen (secondary N) is 1. The van der Waals surface area contributed by atoms with Crippen molar-refractivity contribution in [1.82, 2.24) is 5.32 Å². The summed E-state index contributed by atoms with van der Waals surface area (Å²) in [5, 5.41) is 3.44. The van der Waals surface area contributed by atoms with Gasteiger partial charge >= 0.3 is 0 Å². The lowest BCUT2D eigenvalue weighted by molar-refractivity contribution is 0.132. The first-order valence-corrected chi connectivity index (χ1v) is 8.22. The molecular weight excluding hydrogens is 262 g/mol. The Kier molecular flexibility index (Phi) is 9.92. The van der Waals surface area contributed by atoms with Crippen LogP contribution in [0.1, 0.15) is 45.6 Å². The molecule has 120 valence electrons. The Balaban J connectivity index is 2.10. The minimum atomic E-state index is 0.690. The van der Waals surface area contributed by atoms with Crippen molar-refractivity contribution in [1.29, 1.82) is 0 Å². The second-order valence-corrected chi connectivity index (χ2v) is 5.82. The van der Waals surface area contributed by atoms with Gasteiger partial charge in [0.1, 0.15) is 5.75 Å². The molecule has 0 unspecified atom stereocenters. The summed E-state index contributed by atoms with van der Waals surface area (Å²) >= 11 is 0. The van der Waals surface area contributed by atoms with Crippen LogP contribution in [0.3, 0.4) is 0 Å². The van der Waals surface area contributed by atoms with Crippen molar-refractivity contribution in [3.05, 3.63) is 29.8 Å². The molecule has 1 aromatic rings. The molecule has 0 saturated carbocycles. The van der Waals surface area contributed by atoms with Crippen molar-refractivity contribution in [2.45, 2.75) is 46.6 Å². The summed E-state index contributed by atoms with van der Waals surface area (Å²) in [7, 11) is 0. The first-order valence-electron chi connectivity index (χ1n) is 8.22. The largest absolute Gasteiger partial charge is 0.494 e. The van der Waals surface area contributed by atoms with Gasteiger partial charge in [-0.15, -0.1) is 0 Å². The van der Waals surface area contributed by atoms with Crippen molar-refractivity contribution in [3.63, 3.8) is 0 Å². The maximum absolute atomic E-state index is 5.72. The number of rotatable bonds is 12. The van der Waals surface area contributed by atoms with E-state index in [0.29, 0.717) is 5.92 Å². The van der Waals surface area contributed by atoms with Crippen LogP contribution in [0.15, 0.2) is 24.3 Å². The normalized spacial score (nSPS) is 11.0. The van der Waals surface area contributed by atoms with Gasteiger partial charge in [0, 0.05) is 19.8 Å².